The van der Waals surface area contributed by atoms with Crippen LogP contribution in [0.25, 0.3) is 0 Å². The molecule has 0 spiro atoms. The third-order valence-electron chi connectivity index (χ3n) is 0.897. The summed E-state index contributed by atoms with van der Waals surface area (Å²) in [5, 5.41) is 15.4. The van der Waals surface area contributed by atoms with E-state index in [4.69, 9.17) is 0 Å². The summed E-state index contributed by atoms with van der Waals surface area (Å²) in [5.41, 5.74) is -0.106. The Balaban J connectivity index is 2.88. The smallest absolute Gasteiger partial charge is 0.269 e. The molecule has 1 N–H and O–H groups in total. The summed E-state index contributed by atoms with van der Waals surface area (Å²) in [5.74, 6) is -1.17. The van der Waals surface area contributed by atoms with Gasteiger partial charge in [-0.1, -0.05) is 0 Å². The van der Waals surface area contributed by atoms with Crippen LogP contribution in [0.3, 0.4) is 0 Å². The number of rotatable bonds is 1. The van der Waals surface area contributed by atoms with Gasteiger partial charge in [0, 0.05) is 6.20 Å². The third kappa shape index (κ3) is 0.993. The molecule has 0 aliphatic rings. The van der Waals surface area contributed by atoms with Crippen molar-refractivity contribution in [1.82, 2.24) is 10.2 Å². The summed E-state index contributed by atoms with van der Waals surface area (Å²) in [7, 11) is 0. The molecule has 6 heteroatoms. The second-order valence-electron chi connectivity index (χ2n) is 1.53. The number of carbonyl (C=O) groups is 1. The molecular formula is C4H3N3O3. The Bertz CT molecular complexity index is 253. The number of carbonyl (C=O) groups excluding carboxylic acids is 1. The van der Waals surface area contributed by atoms with Gasteiger partial charge in [0.1, 0.15) is 4.92 Å². The average molecular weight is 141 g/mol. The molecule has 0 aromatic carbocycles. The minimum Gasteiger partial charge on any atom is -0.269 e. The molecule has 0 saturated carbocycles. The first-order chi connectivity index (χ1) is 4.72. The van der Waals surface area contributed by atoms with E-state index in [0.717, 1.165) is 0 Å². The number of nitrogens with one attached hydrogen (secondary N) is 1. The van der Waals surface area contributed by atoms with E-state index in [1.54, 1.807) is 0 Å². The largest absolute Gasteiger partial charge is 0.494 e. The van der Waals surface area contributed by atoms with Gasteiger partial charge < -0.3 is 0 Å². The Morgan fingerprint density at radius 1 is 1.80 bits per heavy atom. The molecule has 1 rings (SSSR count). The molecule has 0 aliphatic heterocycles. The molecule has 1 aromatic rings. The van der Waals surface area contributed by atoms with E-state index in [9.17, 15) is 14.9 Å². The summed E-state index contributed by atoms with van der Waals surface area (Å²) >= 11 is 0. The van der Waals surface area contributed by atoms with Crippen molar-refractivity contribution in [2.75, 3.05) is 0 Å². The van der Waals surface area contributed by atoms with Crippen LogP contribution in [0.1, 0.15) is 10.5 Å². The van der Waals surface area contributed by atoms with Gasteiger partial charge in [-0.05, 0) is 6.07 Å². The minimum atomic E-state index is -1.17. The van der Waals surface area contributed by atoms with Crippen molar-refractivity contribution < 1.29 is 9.72 Å². The highest BCUT2D eigenvalue weighted by Crippen LogP contribution is 1.92. The first kappa shape index (κ1) is 6.40. The second kappa shape index (κ2) is 2.26. The Hall–Kier alpha value is -1.72. The molecule has 0 bridgehead atoms. The van der Waals surface area contributed by atoms with Gasteiger partial charge in [0.25, 0.3) is 0 Å². The van der Waals surface area contributed by atoms with Gasteiger partial charge in [0.05, 0.1) is 0 Å². The Morgan fingerprint density at radius 2 is 2.50 bits per heavy atom. The molecule has 0 aliphatic carbocycles. The van der Waals surface area contributed by atoms with E-state index >= 15 is 0 Å². The topological polar surface area (TPSA) is 88.9 Å². The van der Waals surface area contributed by atoms with Crippen LogP contribution in [0.15, 0.2) is 12.3 Å². The zero-order valence-corrected chi connectivity index (χ0v) is 4.77. The zero-order valence-electron chi connectivity index (χ0n) is 4.77. The molecule has 1 aromatic heterocycles. The van der Waals surface area contributed by atoms with E-state index in [2.05, 4.69) is 10.2 Å². The monoisotopic (exact) mass is 141 g/mol. The number of aromatic nitrogens is 2. The van der Waals surface area contributed by atoms with Crippen LogP contribution in [-0.2, 0) is 0 Å². The molecule has 0 saturated heterocycles. The lowest BCUT2D eigenvalue weighted by atomic mass is 10.4. The number of H-pyrrole nitrogens is 1. The first-order valence-corrected chi connectivity index (χ1v) is 2.40. The number of aromatic amines is 1. The highest BCUT2D eigenvalue weighted by molar-refractivity contribution is 5.85. The maximum absolute atomic E-state index is 10.4. The minimum absolute atomic E-state index is 0.106. The van der Waals surface area contributed by atoms with Crippen LogP contribution in [0, 0.1) is 10.1 Å². The predicted molar refractivity (Wildman–Crippen MR) is 29.9 cm³/mol. The molecule has 0 fully saturated rings. The van der Waals surface area contributed by atoms with E-state index in [-0.39, 0.29) is 5.69 Å². The van der Waals surface area contributed by atoms with Crippen molar-refractivity contribution in [3.05, 3.63) is 28.1 Å². The quantitative estimate of drug-likeness (QED) is 0.434. The van der Waals surface area contributed by atoms with Crippen molar-refractivity contribution in [1.29, 1.82) is 0 Å². The number of hydrogen-bond donors (Lipinski definition) is 1. The fraction of sp³-hybridized carbons (Fsp3) is 0. The van der Waals surface area contributed by atoms with E-state index in [0.29, 0.717) is 0 Å². The van der Waals surface area contributed by atoms with Gasteiger partial charge in [0.15, 0.2) is 5.69 Å². The van der Waals surface area contributed by atoms with Crippen LogP contribution in [0.5, 0.6) is 0 Å². The molecule has 1 heterocycles. The van der Waals surface area contributed by atoms with Gasteiger partial charge in [-0.3, -0.25) is 15.2 Å². The summed E-state index contributed by atoms with van der Waals surface area (Å²) < 4.78 is 0. The summed E-state index contributed by atoms with van der Waals surface area (Å²) in [6, 6.07) is 1.24. The van der Waals surface area contributed by atoms with Gasteiger partial charge in [-0.25, -0.2) is 4.79 Å². The fourth-order valence-corrected chi connectivity index (χ4v) is 0.473. The van der Waals surface area contributed by atoms with E-state index in [1.807, 2.05) is 0 Å². The lowest BCUT2D eigenvalue weighted by Gasteiger charge is -1.82. The maximum Gasteiger partial charge on any atom is 0.494 e. The Morgan fingerprint density at radius 3 is 2.90 bits per heavy atom. The fourth-order valence-electron chi connectivity index (χ4n) is 0.473. The van der Waals surface area contributed by atoms with E-state index in [1.165, 1.54) is 12.3 Å². The van der Waals surface area contributed by atoms with Crippen LogP contribution >= 0.6 is 0 Å². The van der Waals surface area contributed by atoms with Crippen molar-refractivity contribution in [3.63, 3.8) is 0 Å². The Kier molecular flexibility index (Phi) is 1.44. The SMILES string of the molecule is O=C(c1ccn[nH]1)[N+](=O)[O-]. The normalized spacial score (nSPS) is 9.20. The van der Waals surface area contributed by atoms with Crippen molar-refractivity contribution in [2.45, 2.75) is 0 Å². The standard InChI is InChI=1S/C4H3N3O3/c8-4(7(9)10)3-1-2-5-6-3/h1-2H,(H,5,6). The van der Waals surface area contributed by atoms with Crippen molar-refractivity contribution in [2.24, 2.45) is 0 Å². The average Bonchev–Trinajstić information content (AvgIpc) is 2.36. The molecular weight excluding hydrogens is 138 g/mol. The zero-order chi connectivity index (χ0) is 7.56. The molecule has 0 unspecified atom stereocenters. The maximum atomic E-state index is 10.4. The number of nitrogens with zero attached hydrogens (tertiary/aromatic N) is 2. The molecule has 0 radical (unpaired) electrons. The van der Waals surface area contributed by atoms with Gasteiger partial charge in [0.2, 0.25) is 0 Å². The Labute approximate surface area is 55.0 Å². The van der Waals surface area contributed by atoms with Gasteiger partial charge in [-0.15, -0.1) is 0 Å². The number of nitro groups is 1. The summed E-state index contributed by atoms with van der Waals surface area (Å²) in [6.07, 6.45) is 1.27. The summed E-state index contributed by atoms with van der Waals surface area (Å²) in [4.78, 5) is 19.2. The third-order valence-corrected chi connectivity index (χ3v) is 0.897. The van der Waals surface area contributed by atoms with Crippen molar-refractivity contribution >= 4 is 5.91 Å². The van der Waals surface area contributed by atoms with Gasteiger partial charge >= 0.3 is 5.91 Å². The molecule has 52 valence electrons. The van der Waals surface area contributed by atoms with Crippen LogP contribution < -0.4 is 0 Å². The van der Waals surface area contributed by atoms with Crippen LogP contribution in [0.4, 0.5) is 0 Å². The van der Waals surface area contributed by atoms with E-state index < -0.39 is 10.8 Å². The predicted octanol–water partition coefficient (Wildman–Crippen LogP) is -0.173. The number of hydrogen-bond acceptors (Lipinski definition) is 4. The number of amides is 1. The lowest BCUT2D eigenvalue weighted by molar-refractivity contribution is -0.375. The lowest BCUT2D eigenvalue weighted by Crippen LogP contribution is -2.11. The van der Waals surface area contributed by atoms with Crippen LogP contribution in [-0.4, -0.2) is 21.0 Å². The summed E-state index contributed by atoms with van der Waals surface area (Å²) in [6.45, 7) is 0. The van der Waals surface area contributed by atoms with Crippen molar-refractivity contribution in [3.8, 4) is 0 Å². The second-order valence-corrected chi connectivity index (χ2v) is 1.53. The molecule has 1 amide bonds. The molecule has 6 nitrogen and oxygen atoms in total. The highest BCUT2D eigenvalue weighted by Gasteiger charge is 2.18. The molecule has 0 atom stereocenters. The molecule has 10 heavy (non-hydrogen) atoms. The van der Waals surface area contributed by atoms with Crippen LogP contribution in [0.2, 0.25) is 0 Å². The first-order valence-electron chi connectivity index (χ1n) is 2.40. The van der Waals surface area contributed by atoms with Gasteiger partial charge in [-0.2, -0.15) is 5.10 Å². The highest BCUT2D eigenvalue weighted by atomic mass is 16.6.